The summed E-state index contributed by atoms with van der Waals surface area (Å²) in [5, 5.41) is 0. The van der Waals surface area contributed by atoms with Gasteiger partial charge in [-0.05, 0) is 47.1 Å². The Morgan fingerprint density at radius 1 is 1.07 bits per heavy atom. The molecule has 0 aliphatic carbocycles. The summed E-state index contributed by atoms with van der Waals surface area (Å²) < 4.78 is 62.0. The van der Waals surface area contributed by atoms with Gasteiger partial charge in [0, 0.05) is 31.4 Å². The normalized spacial score (nSPS) is 10.9. The zero-order chi connectivity index (χ0) is 22.2. The lowest BCUT2D eigenvalue weighted by Crippen LogP contribution is -2.26. The van der Waals surface area contributed by atoms with Crippen molar-refractivity contribution in [1.29, 1.82) is 0 Å². The molecule has 0 N–H and O–H groups in total. The van der Waals surface area contributed by atoms with Gasteiger partial charge in [0.1, 0.15) is 34.2 Å². The summed E-state index contributed by atoms with van der Waals surface area (Å²) in [5.74, 6) is -3.68. The molecule has 10 heteroatoms. The number of hydrogen-bond acceptors (Lipinski definition) is 4. The van der Waals surface area contributed by atoms with Gasteiger partial charge in [0.15, 0.2) is 11.6 Å². The van der Waals surface area contributed by atoms with E-state index in [1.165, 1.54) is 17.9 Å². The lowest BCUT2D eigenvalue weighted by atomic mass is 10.2. The molecule has 3 rings (SSSR count). The molecule has 0 atom stereocenters. The minimum Gasteiger partial charge on any atom is -0.472 e. The molecule has 1 aromatic heterocycles. The number of aromatic nitrogens is 2. The van der Waals surface area contributed by atoms with Gasteiger partial charge in [0.05, 0.1) is 0 Å². The molecule has 158 valence electrons. The Balaban J connectivity index is 2.01. The number of anilines is 1. The molecule has 30 heavy (non-hydrogen) atoms. The molecule has 0 aliphatic heterocycles. The van der Waals surface area contributed by atoms with Crippen molar-refractivity contribution in [2.24, 2.45) is 0 Å². The third-order valence-electron chi connectivity index (χ3n) is 4.29. The monoisotopic (exact) mass is 485 g/mol. The topological polar surface area (TPSA) is 47.4 Å². The van der Waals surface area contributed by atoms with Crippen LogP contribution >= 0.6 is 15.9 Å². The Morgan fingerprint density at radius 2 is 1.70 bits per heavy atom. The predicted octanol–water partition coefficient (Wildman–Crippen LogP) is 4.50. The summed E-state index contributed by atoms with van der Waals surface area (Å²) in [4.78, 5) is 18.4. The van der Waals surface area contributed by atoms with Gasteiger partial charge in [-0.15, -0.1) is 0 Å². The largest absolute Gasteiger partial charge is 0.472 e. The lowest BCUT2D eigenvalue weighted by Gasteiger charge is -2.17. The molecule has 0 aliphatic rings. The first-order valence-corrected chi connectivity index (χ1v) is 9.42. The number of nitrogens with zero attached hydrogens (tertiary/aromatic N) is 3. The highest BCUT2D eigenvalue weighted by atomic mass is 79.9. The van der Waals surface area contributed by atoms with E-state index in [-0.39, 0.29) is 34.0 Å². The quantitative estimate of drug-likeness (QED) is 0.499. The summed E-state index contributed by atoms with van der Waals surface area (Å²) in [7, 11) is 3.25. The van der Waals surface area contributed by atoms with Crippen LogP contribution < -0.4 is 15.2 Å². The molecule has 2 aromatic carbocycles. The molecule has 0 amide bonds. The minimum atomic E-state index is -0.945. The fraction of sp³-hybridized carbons (Fsp3) is 0.200. The van der Waals surface area contributed by atoms with Crippen molar-refractivity contribution >= 4 is 21.6 Å². The highest BCUT2D eigenvalue weighted by molar-refractivity contribution is 9.10. The van der Waals surface area contributed by atoms with Crippen LogP contribution in [0.15, 0.2) is 39.6 Å². The molecule has 1 heterocycles. The molecular weight excluding hydrogens is 470 g/mol. The molecule has 3 aromatic rings. The first-order valence-electron chi connectivity index (χ1n) is 8.62. The van der Waals surface area contributed by atoms with Crippen LogP contribution in [-0.4, -0.2) is 23.6 Å². The Kier molecular flexibility index (Phi) is 6.16. The zero-order valence-corrected chi connectivity index (χ0v) is 17.7. The van der Waals surface area contributed by atoms with Gasteiger partial charge >= 0.3 is 0 Å². The van der Waals surface area contributed by atoms with Gasteiger partial charge in [0.2, 0.25) is 5.88 Å². The third-order valence-corrected chi connectivity index (χ3v) is 4.97. The van der Waals surface area contributed by atoms with E-state index in [2.05, 4.69) is 20.9 Å². The first-order chi connectivity index (χ1) is 14.1. The van der Waals surface area contributed by atoms with E-state index >= 15 is 0 Å². The Bertz CT molecular complexity index is 1160. The van der Waals surface area contributed by atoms with E-state index in [4.69, 9.17) is 4.74 Å². The molecular formula is C20H16BrF4N3O2. The summed E-state index contributed by atoms with van der Waals surface area (Å²) in [6.07, 6.45) is 0. The van der Waals surface area contributed by atoms with Crippen molar-refractivity contribution in [2.45, 2.75) is 13.5 Å². The fourth-order valence-corrected chi connectivity index (χ4v) is 3.13. The smallest absolute Gasteiger partial charge is 0.276 e. The predicted molar refractivity (Wildman–Crippen MR) is 107 cm³/mol. The summed E-state index contributed by atoms with van der Waals surface area (Å²) in [6.45, 7) is 1.04. The van der Waals surface area contributed by atoms with Crippen LogP contribution in [-0.2, 0) is 6.61 Å². The van der Waals surface area contributed by atoms with Crippen LogP contribution in [0.1, 0.15) is 11.4 Å². The van der Waals surface area contributed by atoms with Gasteiger partial charge < -0.3 is 9.64 Å². The van der Waals surface area contributed by atoms with Crippen molar-refractivity contribution in [1.82, 2.24) is 9.55 Å². The van der Waals surface area contributed by atoms with E-state index in [9.17, 15) is 22.4 Å². The number of benzene rings is 2. The van der Waals surface area contributed by atoms with Crippen LogP contribution in [0.5, 0.6) is 5.88 Å². The molecule has 0 radical (unpaired) electrons. The lowest BCUT2D eigenvalue weighted by molar-refractivity contribution is 0.283. The van der Waals surface area contributed by atoms with Crippen molar-refractivity contribution in [3.63, 3.8) is 0 Å². The van der Waals surface area contributed by atoms with Crippen LogP contribution in [0, 0.1) is 30.2 Å². The molecule has 0 saturated carbocycles. The zero-order valence-electron chi connectivity index (χ0n) is 16.1. The van der Waals surface area contributed by atoms with E-state index < -0.39 is 34.5 Å². The number of ether oxygens (including phenoxy) is 1. The van der Waals surface area contributed by atoms with Crippen molar-refractivity contribution < 1.29 is 22.3 Å². The number of halogens is 5. The van der Waals surface area contributed by atoms with E-state index in [1.54, 1.807) is 14.1 Å². The number of hydrogen-bond donors (Lipinski definition) is 0. The molecule has 0 spiro atoms. The first kappa shape index (κ1) is 21.8. The number of aryl methyl sites for hydroxylation is 1. The molecule has 0 saturated heterocycles. The maximum Gasteiger partial charge on any atom is 0.276 e. The second kappa shape index (κ2) is 8.47. The van der Waals surface area contributed by atoms with Crippen LogP contribution in [0.25, 0.3) is 5.69 Å². The van der Waals surface area contributed by atoms with Gasteiger partial charge in [-0.3, -0.25) is 9.36 Å². The van der Waals surface area contributed by atoms with Crippen LogP contribution in [0.4, 0.5) is 23.2 Å². The Morgan fingerprint density at radius 3 is 2.27 bits per heavy atom. The molecule has 5 nitrogen and oxygen atoms in total. The molecule has 0 fully saturated rings. The van der Waals surface area contributed by atoms with E-state index in [1.807, 2.05) is 0 Å². The van der Waals surface area contributed by atoms with Gasteiger partial charge in [0.25, 0.3) is 5.56 Å². The van der Waals surface area contributed by atoms with Gasteiger partial charge in [-0.25, -0.2) is 17.6 Å². The van der Waals surface area contributed by atoms with Crippen molar-refractivity contribution in [3.8, 4) is 11.6 Å². The van der Waals surface area contributed by atoms with Crippen molar-refractivity contribution in [2.75, 3.05) is 19.0 Å². The summed E-state index contributed by atoms with van der Waals surface area (Å²) >= 11 is 3.03. The Labute approximate surface area is 177 Å². The fourth-order valence-electron chi connectivity index (χ4n) is 2.75. The SMILES string of the molecule is Cc1nc(OCc2ccc(F)cc2F)c(Br)c(=O)n1-c1c(F)cc(N(C)C)cc1F. The second-order valence-corrected chi connectivity index (χ2v) is 7.39. The van der Waals surface area contributed by atoms with E-state index in [0.29, 0.717) is 6.07 Å². The highest BCUT2D eigenvalue weighted by Gasteiger charge is 2.21. The van der Waals surface area contributed by atoms with Gasteiger partial charge in [-0.2, -0.15) is 4.98 Å². The van der Waals surface area contributed by atoms with Crippen molar-refractivity contribution in [3.05, 3.63) is 79.8 Å². The third kappa shape index (κ3) is 4.18. The molecule has 0 bridgehead atoms. The summed E-state index contributed by atoms with van der Waals surface area (Å²) in [6, 6.07) is 5.16. The molecule has 0 unspecified atom stereocenters. The van der Waals surface area contributed by atoms with Crippen LogP contribution in [0.3, 0.4) is 0 Å². The van der Waals surface area contributed by atoms with Crippen LogP contribution in [0.2, 0.25) is 0 Å². The average Bonchev–Trinajstić information content (AvgIpc) is 2.66. The highest BCUT2D eigenvalue weighted by Crippen LogP contribution is 2.27. The summed E-state index contributed by atoms with van der Waals surface area (Å²) in [5.41, 5.74) is -1.06. The average molecular weight is 486 g/mol. The maximum absolute atomic E-state index is 14.6. The number of rotatable bonds is 5. The van der Waals surface area contributed by atoms with Gasteiger partial charge in [-0.1, -0.05) is 0 Å². The second-order valence-electron chi connectivity index (χ2n) is 6.60. The standard InChI is InChI=1S/C20H16BrF4N3O2/c1-10-26-19(30-9-11-4-5-12(22)6-14(11)23)17(21)20(29)28(10)18-15(24)7-13(27(2)3)8-16(18)25/h4-8H,9H2,1-3H3. The Hall–Kier alpha value is -2.88. The van der Waals surface area contributed by atoms with E-state index in [0.717, 1.165) is 22.8 Å². The minimum absolute atomic E-state index is 0.0447. The maximum atomic E-state index is 14.6.